The molecule has 1 unspecified atom stereocenters. The predicted molar refractivity (Wildman–Crippen MR) is 35.4 cm³/mol. The van der Waals surface area contributed by atoms with Crippen molar-refractivity contribution in [1.29, 1.82) is 0 Å². The molecule has 11 heavy (non-hydrogen) atoms. The van der Waals surface area contributed by atoms with E-state index < -0.39 is 12.5 Å². The number of alkyl halides is 2. The first-order valence-electron chi connectivity index (χ1n) is 2.99. The minimum atomic E-state index is -2.89. The van der Waals surface area contributed by atoms with E-state index in [2.05, 4.69) is 10.1 Å². The number of halogens is 2. The summed E-state index contributed by atoms with van der Waals surface area (Å²) >= 11 is 0. The van der Waals surface area contributed by atoms with E-state index in [1.165, 1.54) is 18.4 Å². The van der Waals surface area contributed by atoms with Gasteiger partial charge in [-0.1, -0.05) is 6.08 Å². The van der Waals surface area contributed by atoms with Crippen LogP contribution in [0.25, 0.3) is 0 Å². The third-order valence-corrected chi connectivity index (χ3v) is 1.14. The van der Waals surface area contributed by atoms with E-state index in [-0.39, 0.29) is 0 Å². The van der Waals surface area contributed by atoms with Gasteiger partial charge in [0.1, 0.15) is 0 Å². The molecule has 0 aromatic carbocycles. The summed E-state index contributed by atoms with van der Waals surface area (Å²) in [4.78, 5) is 0. The van der Waals surface area contributed by atoms with Crippen LogP contribution in [0.4, 0.5) is 8.78 Å². The number of hydrogen-bond acceptors (Lipinski definition) is 3. The second kappa shape index (κ2) is 2.98. The van der Waals surface area contributed by atoms with Crippen molar-refractivity contribution in [1.82, 2.24) is 5.32 Å². The Hall–Kier alpha value is -0.940. The molecule has 0 amide bonds. The topological polar surface area (TPSA) is 47.3 Å². The number of nitrogens with one attached hydrogen (secondary N) is 1. The van der Waals surface area contributed by atoms with Gasteiger partial charge < -0.3 is 5.32 Å². The number of rotatable bonds is 2. The van der Waals surface area contributed by atoms with E-state index in [4.69, 9.17) is 5.73 Å². The first-order valence-corrected chi connectivity index (χ1v) is 2.99. The van der Waals surface area contributed by atoms with Crippen LogP contribution < -0.4 is 11.1 Å². The van der Waals surface area contributed by atoms with Crippen molar-refractivity contribution < 1.29 is 13.5 Å². The summed E-state index contributed by atoms with van der Waals surface area (Å²) in [6.07, 6.45) is 5.89. The molecule has 0 aliphatic carbocycles. The largest absolute Gasteiger partial charge is 0.348 e. The molecule has 0 fully saturated rings. The first kappa shape index (κ1) is 8.16. The third-order valence-electron chi connectivity index (χ3n) is 1.14. The number of hydrogen-bond donors (Lipinski definition) is 2. The molecular weight excluding hydrogens is 154 g/mol. The summed E-state index contributed by atoms with van der Waals surface area (Å²) in [6.45, 7) is -2.89. The average Bonchev–Trinajstić information content (AvgIpc) is 1.85. The third kappa shape index (κ3) is 2.28. The van der Waals surface area contributed by atoms with E-state index in [1.807, 2.05) is 0 Å². The Morgan fingerprint density at radius 1 is 1.45 bits per heavy atom. The molecule has 1 atom stereocenters. The van der Waals surface area contributed by atoms with Crippen LogP contribution in [0.1, 0.15) is 0 Å². The van der Waals surface area contributed by atoms with Gasteiger partial charge in [-0.15, -0.1) is 0 Å². The van der Waals surface area contributed by atoms with E-state index in [0.717, 1.165) is 0 Å². The van der Waals surface area contributed by atoms with Crippen LogP contribution in [0.3, 0.4) is 0 Å². The van der Waals surface area contributed by atoms with E-state index in [9.17, 15) is 8.78 Å². The van der Waals surface area contributed by atoms with Crippen molar-refractivity contribution in [3.05, 3.63) is 24.4 Å². The van der Waals surface area contributed by atoms with E-state index in [0.29, 0.717) is 0 Å². The zero-order chi connectivity index (χ0) is 8.32. The van der Waals surface area contributed by atoms with Gasteiger partial charge in [0.05, 0.1) is 0 Å². The maximum absolute atomic E-state index is 11.7. The highest BCUT2D eigenvalue weighted by Crippen LogP contribution is 2.10. The van der Waals surface area contributed by atoms with Crippen LogP contribution in [0.5, 0.6) is 0 Å². The summed E-state index contributed by atoms with van der Waals surface area (Å²) in [5.74, 6) is -1.57. The van der Waals surface area contributed by atoms with Crippen LogP contribution >= 0.6 is 0 Å². The fourth-order valence-corrected chi connectivity index (χ4v) is 0.701. The highest BCUT2D eigenvalue weighted by molar-refractivity contribution is 5.14. The van der Waals surface area contributed by atoms with Gasteiger partial charge in [-0.2, -0.15) is 8.78 Å². The lowest BCUT2D eigenvalue weighted by atomic mass is 10.3. The lowest BCUT2D eigenvalue weighted by molar-refractivity contribution is -0.197. The van der Waals surface area contributed by atoms with Crippen molar-refractivity contribution in [2.45, 2.75) is 12.5 Å². The molecule has 62 valence electrons. The molecule has 0 bridgehead atoms. The summed E-state index contributed by atoms with van der Waals surface area (Å²) in [5, 5.41) is 2.44. The van der Waals surface area contributed by atoms with Gasteiger partial charge in [0.2, 0.25) is 5.85 Å². The second-order valence-electron chi connectivity index (χ2n) is 2.03. The van der Waals surface area contributed by atoms with Crippen LogP contribution in [-0.2, 0) is 4.74 Å². The van der Waals surface area contributed by atoms with Crippen molar-refractivity contribution in [2.75, 3.05) is 0 Å². The monoisotopic (exact) mass is 162 g/mol. The Morgan fingerprint density at radius 3 is 2.64 bits per heavy atom. The number of allylic oxidation sites excluding steroid dienone is 2. The fourth-order valence-electron chi connectivity index (χ4n) is 0.701. The van der Waals surface area contributed by atoms with Crippen LogP contribution in [-0.4, -0.2) is 12.5 Å². The van der Waals surface area contributed by atoms with Gasteiger partial charge in [0, 0.05) is 6.20 Å². The minimum absolute atomic E-state index is 1.30. The summed E-state index contributed by atoms with van der Waals surface area (Å²) in [5.41, 5.74) is 5.31. The van der Waals surface area contributed by atoms with Crippen LogP contribution in [0.2, 0.25) is 0 Å². The standard InChI is InChI=1S/C6H8F2N2O/c7-5(8)11-6(9)3-1-2-4-10-6/h1-5,10H,9H2. The minimum Gasteiger partial charge on any atom is -0.348 e. The fraction of sp³-hybridized carbons (Fsp3) is 0.333. The van der Waals surface area contributed by atoms with Gasteiger partial charge in [-0.25, -0.2) is 0 Å². The Bertz CT molecular complexity index is 193. The van der Waals surface area contributed by atoms with Crippen molar-refractivity contribution in [2.24, 2.45) is 5.73 Å². The zero-order valence-corrected chi connectivity index (χ0v) is 5.63. The molecule has 3 nitrogen and oxygen atoms in total. The quantitative estimate of drug-likeness (QED) is 0.581. The van der Waals surface area contributed by atoms with Crippen LogP contribution in [0, 0.1) is 0 Å². The van der Waals surface area contributed by atoms with Crippen LogP contribution in [0.15, 0.2) is 24.4 Å². The zero-order valence-electron chi connectivity index (χ0n) is 5.63. The second-order valence-corrected chi connectivity index (χ2v) is 2.03. The van der Waals surface area contributed by atoms with Gasteiger partial charge in [0.15, 0.2) is 0 Å². The maximum atomic E-state index is 11.7. The molecule has 0 aromatic rings. The van der Waals surface area contributed by atoms with Crippen molar-refractivity contribution >= 4 is 0 Å². The first-order chi connectivity index (χ1) is 5.12. The Kier molecular flexibility index (Phi) is 2.21. The molecule has 0 radical (unpaired) electrons. The summed E-state index contributed by atoms with van der Waals surface area (Å²) in [7, 11) is 0. The Morgan fingerprint density at radius 2 is 2.18 bits per heavy atom. The molecule has 0 aromatic heterocycles. The molecule has 0 spiro atoms. The number of dihydropyridines is 1. The molecule has 3 N–H and O–H groups in total. The predicted octanol–water partition coefficient (Wildman–Crippen LogP) is 0.511. The van der Waals surface area contributed by atoms with Crippen molar-refractivity contribution in [3.63, 3.8) is 0 Å². The Balaban J connectivity index is 2.54. The summed E-state index contributed by atoms with van der Waals surface area (Å²) in [6, 6.07) is 0. The normalized spacial score (nSPS) is 29.1. The van der Waals surface area contributed by atoms with E-state index in [1.54, 1.807) is 6.08 Å². The average molecular weight is 162 g/mol. The van der Waals surface area contributed by atoms with Gasteiger partial charge in [-0.05, 0) is 12.2 Å². The molecule has 0 saturated carbocycles. The lowest BCUT2D eigenvalue weighted by Crippen LogP contribution is -2.53. The number of nitrogens with two attached hydrogens (primary N) is 1. The van der Waals surface area contributed by atoms with E-state index >= 15 is 0 Å². The molecule has 0 saturated heterocycles. The molecule has 1 heterocycles. The summed E-state index contributed by atoms with van der Waals surface area (Å²) < 4.78 is 27.4. The molecular formula is C6H8F2N2O. The SMILES string of the molecule is NC1(OC(F)F)C=CC=CN1. The van der Waals surface area contributed by atoms with Gasteiger partial charge >= 0.3 is 6.61 Å². The molecule has 5 heteroatoms. The van der Waals surface area contributed by atoms with Gasteiger partial charge in [-0.3, -0.25) is 10.5 Å². The molecule has 1 aliphatic heterocycles. The molecule has 1 aliphatic rings. The van der Waals surface area contributed by atoms with Crippen molar-refractivity contribution in [3.8, 4) is 0 Å². The number of ether oxygens (including phenoxy) is 1. The Labute approximate surface area is 62.5 Å². The highest BCUT2D eigenvalue weighted by atomic mass is 19.3. The highest BCUT2D eigenvalue weighted by Gasteiger charge is 2.25. The van der Waals surface area contributed by atoms with Gasteiger partial charge in [0.25, 0.3) is 0 Å². The molecule has 1 rings (SSSR count). The lowest BCUT2D eigenvalue weighted by Gasteiger charge is -2.27. The maximum Gasteiger partial charge on any atom is 0.348 e. The smallest absolute Gasteiger partial charge is 0.348 e.